The molecular weight excluding hydrogens is 504 g/mol. The lowest BCUT2D eigenvalue weighted by Crippen LogP contribution is -2.43. The van der Waals surface area contributed by atoms with Crippen LogP contribution in [0, 0.1) is 18.8 Å². The third-order valence-electron chi connectivity index (χ3n) is 7.83. The van der Waals surface area contributed by atoms with E-state index in [4.69, 9.17) is 9.47 Å². The summed E-state index contributed by atoms with van der Waals surface area (Å²) in [7, 11) is 0. The Hall–Kier alpha value is -2.81. The number of halogens is 2. The van der Waals surface area contributed by atoms with Gasteiger partial charge in [-0.05, 0) is 64.5 Å². The first-order chi connectivity index (χ1) is 18.4. The first-order valence-electron chi connectivity index (χ1n) is 14.0. The van der Waals surface area contributed by atoms with Gasteiger partial charge in [0.25, 0.3) is 5.92 Å². The zero-order chi connectivity index (χ0) is 28.4. The average molecular weight is 546 g/mol. The number of aliphatic carboxylic acids is 1. The van der Waals surface area contributed by atoms with Crippen molar-refractivity contribution in [3.8, 4) is 17.0 Å². The minimum absolute atomic E-state index is 0.246. The summed E-state index contributed by atoms with van der Waals surface area (Å²) in [5, 5.41) is 10.3. The first-order valence-corrected chi connectivity index (χ1v) is 14.0. The Kier molecular flexibility index (Phi) is 8.78. The van der Waals surface area contributed by atoms with E-state index in [0.717, 1.165) is 25.2 Å². The van der Waals surface area contributed by atoms with Gasteiger partial charge in [-0.1, -0.05) is 26.2 Å². The van der Waals surface area contributed by atoms with Gasteiger partial charge in [0, 0.05) is 42.5 Å². The van der Waals surface area contributed by atoms with Gasteiger partial charge in [-0.3, -0.25) is 9.97 Å². The molecular formula is C30H41F2N3O4. The summed E-state index contributed by atoms with van der Waals surface area (Å²) in [5.74, 6) is -2.49. The molecule has 1 N–H and O–H groups in total. The largest absolute Gasteiger partial charge is 0.486 e. The number of pyridine rings is 2. The molecule has 2 fully saturated rings. The summed E-state index contributed by atoms with van der Waals surface area (Å²) in [6, 6.07) is 3.33. The molecule has 1 saturated carbocycles. The molecule has 0 radical (unpaired) electrons. The molecule has 214 valence electrons. The highest BCUT2D eigenvalue weighted by atomic mass is 19.3. The second-order valence-electron chi connectivity index (χ2n) is 11.9. The van der Waals surface area contributed by atoms with E-state index in [0.29, 0.717) is 34.4 Å². The molecule has 1 saturated heterocycles. The van der Waals surface area contributed by atoms with Crippen LogP contribution in [0.5, 0.6) is 5.75 Å². The third-order valence-corrected chi connectivity index (χ3v) is 7.83. The number of hydrogen-bond donors (Lipinski definition) is 1. The van der Waals surface area contributed by atoms with Gasteiger partial charge in [-0.25, -0.2) is 13.6 Å². The number of aryl methyl sites for hydroxylation is 1. The van der Waals surface area contributed by atoms with Gasteiger partial charge in [0.2, 0.25) is 0 Å². The monoisotopic (exact) mass is 545 g/mol. The van der Waals surface area contributed by atoms with Crippen LogP contribution in [0.4, 0.5) is 14.5 Å². The Morgan fingerprint density at radius 2 is 1.85 bits per heavy atom. The quantitative estimate of drug-likeness (QED) is 0.370. The molecule has 4 rings (SSSR count). The first kappa shape index (κ1) is 29.2. The van der Waals surface area contributed by atoms with E-state index < -0.39 is 30.2 Å². The van der Waals surface area contributed by atoms with Gasteiger partial charge in [0.1, 0.15) is 5.75 Å². The fourth-order valence-electron chi connectivity index (χ4n) is 5.76. The molecule has 2 aliphatic rings. The Morgan fingerprint density at radius 3 is 2.46 bits per heavy atom. The summed E-state index contributed by atoms with van der Waals surface area (Å²) in [5.41, 5.74) is 2.48. The molecule has 2 aromatic rings. The highest BCUT2D eigenvalue weighted by Gasteiger charge is 2.37. The van der Waals surface area contributed by atoms with Gasteiger partial charge in [0.05, 0.1) is 23.2 Å². The Labute approximate surface area is 229 Å². The number of carbonyl (C=O) groups is 1. The predicted molar refractivity (Wildman–Crippen MR) is 146 cm³/mol. The van der Waals surface area contributed by atoms with Gasteiger partial charge in [0.15, 0.2) is 12.7 Å². The van der Waals surface area contributed by atoms with Crippen molar-refractivity contribution in [1.29, 1.82) is 0 Å². The minimum atomic E-state index is -2.91. The maximum Gasteiger partial charge on any atom is 0.337 e. The van der Waals surface area contributed by atoms with Crippen LogP contribution in [0.1, 0.15) is 83.6 Å². The zero-order valence-corrected chi connectivity index (χ0v) is 23.7. The average Bonchev–Trinajstić information content (AvgIpc) is 2.90. The number of ether oxygens (including phenoxy) is 2. The molecule has 39 heavy (non-hydrogen) atoms. The number of carboxylic acid groups (broad SMARTS) is 1. The minimum Gasteiger partial charge on any atom is -0.486 e. The van der Waals surface area contributed by atoms with Crippen LogP contribution < -0.4 is 9.64 Å². The molecule has 0 bridgehead atoms. The molecule has 0 amide bonds. The second kappa shape index (κ2) is 11.7. The highest BCUT2D eigenvalue weighted by molar-refractivity contribution is 5.85. The zero-order valence-electron chi connectivity index (χ0n) is 23.7. The molecule has 1 aliphatic heterocycles. The second-order valence-corrected chi connectivity index (χ2v) is 11.9. The number of anilines is 1. The lowest BCUT2D eigenvalue weighted by Gasteiger charge is -2.44. The van der Waals surface area contributed by atoms with E-state index in [9.17, 15) is 18.7 Å². The third kappa shape index (κ3) is 7.04. The fourth-order valence-corrected chi connectivity index (χ4v) is 5.76. The fraction of sp³-hybridized carbons (Fsp3) is 0.633. The summed E-state index contributed by atoms with van der Waals surface area (Å²) in [6.45, 7) is 9.67. The van der Waals surface area contributed by atoms with Crippen molar-refractivity contribution in [1.82, 2.24) is 9.97 Å². The Balaban J connectivity index is 1.77. The Morgan fingerprint density at radius 1 is 1.13 bits per heavy atom. The lowest BCUT2D eigenvalue weighted by molar-refractivity contribution is -0.160. The van der Waals surface area contributed by atoms with E-state index in [1.165, 1.54) is 38.8 Å². The van der Waals surface area contributed by atoms with E-state index >= 15 is 0 Å². The maximum absolute atomic E-state index is 13.7. The Bertz CT molecular complexity index is 1150. The van der Waals surface area contributed by atoms with Gasteiger partial charge >= 0.3 is 5.97 Å². The molecule has 9 heteroatoms. The van der Waals surface area contributed by atoms with Gasteiger partial charge in [-0.15, -0.1) is 0 Å². The molecule has 0 spiro atoms. The van der Waals surface area contributed by atoms with Crippen LogP contribution in [0.25, 0.3) is 11.3 Å². The molecule has 3 atom stereocenters. The van der Waals surface area contributed by atoms with Crippen molar-refractivity contribution in [2.24, 2.45) is 11.8 Å². The van der Waals surface area contributed by atoms with Crippen LogP contribution in [0.15, 0.2) is 24.5 Å². The smallest absolute Gasteiger partial charge is 0.337 e. The molecule has 3 heterocycles. The maximum atomic E-state index is 13.7. The van der Waals surface area contributed by atoms with Crippen molar-refractivity contribution in [2.45, 2.75) is 90.8 Å². The lowest BCUT2D eigenvalue weighted by atomic mass is 9.75. The molecule has 0 aromatic carbocycles. The van der Waals surface area contributed by atoms with Crippen LogP contribution in [-0.2, 0) is 9.53 Å². The summed E-state index contributed by atoms with van der Waals surface area (Å²) < 4.78 is 38.8. The van der Waals surface area contributed by atoms with Gasteiger partial charge in [-0.2, -0.15) is 0 Å². The van der Waals surface area contributed by atoms with Crippen molar-refractivity contribution < 1.29 is 28.2 Å². The summed E-state index contributed by atoms with van der Waals surface area (Å²) >= 11 is 0. The number of hydrogen-bond acceptors (Lipinski definition) is 6. The van der Waals surface area contributed by atoms with Crippen LogP contribution in [0.2, 0.25) is 0 Å². The number of aromatic nitrogens is 2. The van der Waals surface area contributed by atoms with Crippen molar-refractivity contribution in [3.05, 3.63) is 35.8 Å². The number of alkyl halides is 2. The molecule has 2 aromatic heterocycles. The topological polar surface area (TPSA) is 84.8 Å². The van der Waals surface area contributed by atoms with E-state index in [1.54, 1.807) is 18.3 Å². The normalized spacial score (nSPS) is 20.8. The van der Waals surface area contributed by atoms with Crippen molar-refractivity contribution >= 4 is 11.7 Å². The number of rotatable bonds is 9. The number of nitrogens with zero attached hydrogens (tertiary/aromatic N) is 3. The summed E-state index contributed by atoms with van der Waals surface area (Å²) in [6.07, 6.45) is 7.60. The number of fused-ring (bicyclic) bond motifs is 1. The highest BCUT2D eigenvalue weighted by Crippen LogP contribution is 2.44. The summed E-state index contributed by atoms with van der Waals surface area (Å²) in [4.78, 5) is 24.0. The molecule has 7 nitrogen and oxygen atoms in total. The van der Waals surface area contributed by atoms with Crippen LogP contribution in [-0.4, -0.2) is 52.3 Å². The SMILES string of the molecule is CCC(F)(F)COc1ccc(-c2cnc(C)c([C@H](OC(C)(C)C)C(=O)O)c2N2CCC3CCCCC3C2)nc1. The number of piperidine rings is 1. The molecule has 2 unspecified atom stereocenters. The predicted octanol–water partition coefficient (Wildman–Crippen LogP) is 6.83. The van der Waals surface area contributed by atoms with Crippen LogP contribution in [0.3, 0.4) is 0 Å². The van der Waals surface area contributed by atoms with Crippen molar-refractivity contribution in [3.63, 3.8) is 0 Å². The van der Waals surface area contributed by atoms with E-state index in [2.05, 4.69) is 14.9 Å². The van der Waals surface area contributed by atoms with Crippen molar-refractivity contribution in [2.75, 3.05) is 24.6 Å². The van der Waals surface area contributed by atoms with Crippen LogP contribution >= 0.6 is 0 Å². The molecule has 1 aliphatic carbocycles. The van der Waals surface area contributed by atoms with E-state index in [-0.39, 0.29) is 12.2 Å². The standard InChI is InChI=1S/C30H41F2N3O4/c1-6-30(31,32)18-38-22-11-12-24(34-15-22)23-16-33-19(2)25(27(28(36)37)39-29(3,4)5)26(23)35-14-13-20-9-7-8-10-21(20)17-35/h11-12,15-16,20-21,27H,6-10,13-14,17-18H2,1-5H3,(H,36,37)/t20?,21?,27-/m0/s1. The van der Waals surface area contributed by atoms with E-state index in [1.807, 2.05) is 27.7 Å². The van der Waals surface area contributed by atoms with Gasteiger partial charge < -0.3 is 19.5 Å². The number of carboxylic acids is 1.